The molecular weight excluding hydrogens is 415 g/mol. The van der Waals surface area contributed by atoms with E-state index in [1.807, 2.05) is 13.0 Å². The molecule has 1 N–H and O–H groups in total. The molecule has 2 aromatic rings. The summed E-state index contributed by atoms with van der Waals surface area (Å²) in [6.07, 6.45) is -2.09. The van der Waals surface area contributed by atoms with E-state index in [4.69, 9.17) is 16.3 Å². The van der Waals surface area contributed by atoms with Crippen LogP contribution in [-0.2, 0) is 6.42 Å². The number of aliphatic hydroxyl groups is 1. The summed E-state index contributed by atoms with van der Waals surface area (Å²) in [5.41, 5.74) is 1.56. The molecule has 2 aromatic carbocycles. The van der Waals surface area contributed by atoms with Crippen LogP contribution >= 0.6 is 11.6 Å². The van der Waals surface area contributed by atoms with Crippen molar-refractivity contribution in [2.45, 2.75) is 51.3 Å². The van der Waals surface area contributed by atoms with E-state index in [9.17, 15) is 18.3 Å². The number of nitrogens with zero attached hydrogens (tertiary/aromatic N) is 1. The fraction of sp³-hybridized carbons (Fsp3) is 0.478. The molecule has 1 aliphatic carbocycles. The van der Waals surface area contributed by atoms with E-state index in [-0.39, 0.29) is 0 Å². The van der Waals surface area contributed by atoms with Gasteiger partial charge in [-0.25, -0.2) is 0 Å². The number of aryl methyl sites for hydroxylation is 1. The minimum atomic E-state index is -4.65. The van der Waals surface area contributed by atoms with Gasteiger partial charge in [-0.05, 0) is 61.1 Å². The second-order valence-corrected chi connectivity index (χ2v) is 8.23. The Hall–Kier alpha value is -1.92. The van der Waals surface area contributed by atoms with Crippen LogP contribution in [0.3, 0.4) is 0 Å². The molecule has 0 aliphatic heterocycles. The third-order valence-electron chi connectivity index (χ3n) is 5.54. The number of ether oxygens (including phenoxy) is 1. The Labute approximate surface area is 180 Å². The predicted molar refractivity (Wildman–Crippen MR) is 114 cm³/mol. The Kier molecular flexibility index (Phi) is 7.53. The second kappa shape index (κ2) is 9.92. The standard InChI is InChI=1S/C23H27ClF3NO2/c1-2-17-12-20(10-11-21(17)24)30-19-9-5-8-18(13-19)28(14-16-6-3-4-7-16)15-22(29)23(25,26)27/h5,8-13,16,22,29H,2-4,6-7,14-15H2,1H3. The summed E-state index contributed by atoms with van der Waals surface area (Å²) in [5.74, 6) is 1.47. The fourth-order valence-corrected chi connectivity index (χ4v) is 4.12. The lowest BCUT2D eigenvalue weighted by Crippen LogP contribution is -2.42. The van der Waals surface area contributed by atoms with Gasteiger partial charge in [0.05, 0.1) is 6.54 Å². The zero-order chi connectivity index (χ0) is 21.7. The maximum atomic E-state index is 13.0. The molecule has 0 amide bonds. The third kappa shape index (κ3) is 6.05. The van der Waals surface area contributed by atoms with Crippen LogP contribution in [0.5, 0.6) is 11.5 Å². The average molecular weight is 442 g/mol. The molecule has 1 atom stereocenters. The first-order valence-electron chi connectivity index (χ1n) is 10.3. The minimum Gasteiger partial charge on any atom is -0.457 e. The molecule has 3 rings (SSSR count). The lowest BCUT2D eigenvalue weighted by Gasteiger charge is -2.30. The monoisotopic (exact) mass is 441 g/mol. The van der Waals surface area contributed by atoms with Gasteiger partial charge in [-0.3, -0.25) is 0 Å². The molecule has 0 aromatic heterocycles. The smallest absolute Gasteiger partial charge is 0.416 e. The van der Waals surface area contributed by atoms with Crippen molar-refractivity contribution in [2.24, 2.45) is 5.92 Å². The van der Waals surface area contributed by atoms with E-state index in [1.54, 1.807) is 41.3 Å². The number of alkyl halides is 3. The summed E-state index contributed by atoms with van der Waals surface area (Å²) in [6.45, 7) is 1.99. The molecule has 0 bridgehead atoms. The molecule has 30 heavy (non-hydrogen) atoms. The van der Waals surface area contributed by atoms with Gasteiger partial charge in [-0.1, -0.05) is 37.4 Å². The van der Waals surface area contributed by atoms with Crippen molar-refractivity contribution in [1.29, 1.82) is 0 Å². The Morgan fingerprint density at radius 3 is 2.50 bits per heavy atom. The van der Waals surface area contributed by atoms with Crippen LogP contribution in [0.4, 0.5) is 18.9 Å². The fourth-order valence-electron chi connectivity index (χ4n) is 3.87. The maximum Gasteiger partial charge on any atom is 0.416 e. The minimum absolute atomic E-state index is 0.332. The van der Waals surface area contributed by atoms with Crippen molar-refractivity contribution in [2.75, 3.05) is 18.0 Å². The lowest BCUT2D eigenvalue weighted by atomic mass is 10.1. The first kappa shape index (κ1) is 22.8. The van der Waals surface area contributed by atoms with E-state index in [0.717, 1.165) is 37.7 Å². The summed E-state index contributed by atoms with van der Waals surface area (Å²) >= 11 is 6.15. The molecule has 1 unspecified atom stereocenters. The zero-order valence-electron chi connectivity index (χ0n) is 17.0. The first-order chi connectivity index (χ1) is 14.3. The van der Waals surface area contributed by atoms with Crippen molar-refractivity contribution < 1.29 is 23.0 Å². The highest BCUT2D eigenvalue weighted by Crippen LogP contribution is 2.32. The Morgan fingerprint density at radius 2 is 1.83 bits per heavy atom. The summed E-state index contributed by atoms with van der Waals surface area (Å²) < 4.78 is 44.9. The van der Waals surface area contributed by atoms with Crippen molar-refractivity contribution in [1.82, 2.24) is 0 Å². The summed E-state index contributed by atoms with van der Waals surface area (Å²) in [4.78, 5) is 1.63. The van der Waals surface area contributed by atoms with Gasteiger partial charge in [0.2, 0.25) is 0 Å². The van der Waals surface area contributed by atoms with Crippen LogP contribution in [0, 0.1) is 5.92 Å². The topological polar surface area (TPSA) is 32.7 Å². The highest BCUT2D eigenvalue weighted by Gasteiger charge is 2.39. The van der Waals surface area contributed by atoms with Crippen molar-refractivity contribution >= 4 is 17.3 Å². The van der Waals surface area contributed by atoms with Crippen LogP contribution in [0.2, 0.25) is 5.02 Å². The molecule has 0 spiro atoms. The highest BCUT2D eigenvalue weighted by molar-refractivity contribution is 6.31. The normalized spacial score (nSPS) is 15.9. The van der Waals surface area contributed by atoms with Gasteiger partial charge in [-0.15, -0.1) is 0 Å². The van der Waals surface area contributed by atoms with Gasteiger partial charge in [0.25, 0.3) is 0 Å². The van der Waals surface area contributed by atoms with Gasteiger partial charge < -0.3 is 14.7 Å². The van der Waals surface area contributed by atoms with Gasteiger partial charge in [0.1, 0.15) is 11.5 Å². The van der Waals surface area contributed by atoms with Gasteiger partial charge in [0.15, 0.2) is 6.10 Å². The number of halogens is 4. The molecule has 1 saturated carbocycles. The number of hydrogen-bond donors (Lipinski definition) is 1. The molecule has 0 heterocycles. The van der Waals surface area contributed by atoms with Crippen LogP contribution in [0.25, 0.3) is 0 Å². The average Bonchev–Trinajstić information content (AvgIpc) is 3.21. The summed E-state index contributed by atoms with van der Waals surface area (Å²) in [5, 5.41) is 10.3. The SMILES string of the molecule is CCc1cc(Oc2cccc(N(CC3CCCC3)CC(O)C(F)(F)F)c2)ccc1Cl. The summed E-state index contributed by atoms with van der Waals surface area (Å²) in [7, 11) is 0. The third-order valence-corrected chi connectivity index (χ3v) is 5.91. The first-order valence-corrected chi connectivity index (χ1v) is 10.7. The number of hydrogen-bond acceptors (Lipinski definition) is 3. The molecule has 0 radical (unpaired) electrons. The van der Waals surface area contributed by atoms with E-state index in [1.165, 1.54) is 0 Å². The Balaban J connectivity index is 1.81. The number of benzene rings is 2. The van der Waals surface area contributed by atoms with Crippen molar-refractivity contribution in [3.63, 3.8) is 0 Å². The second-order valence-electron chi connectivity index (χ2n) is 7.82. The maximum absolute atomic E-state index is 13.0. The van der Waals surface area contributed by atoms with E-state index >= 15 is 0 Å². The molecule has 3 nitrogen and oxygen atoms in total. The largest absolute Gasteiger partial charge is 0.457 e. The van der Waals surface area contributed by atoms with Crippen molar-refractivity contribution in [3.8, 4) is 11.5 Å². The molecule has 164 valence electrons. The van der Waals surface area contributed by atoms with E-state index in [2.05, 4.69) is 0 Å². The quantitative estimate of drug-likeness (QED) is 0.500. The summed E-state index contributed by atoms with van der Waals surface area (Å²) in [6, 6.07) is 12.4. The Morgan fingerprint density at radius 1 is 1.13 bits per heavy atom. The van der Waals surface area contributed by atoms with E-state index < -0.39 is 18.8 Å². The molecular formula is C23H27ClF3NO2. The van der Waals surface area contributed by atoms with Gasteiger partial charge in [0, 0.05) is 23.3 Å². The Bertz CT molecular complexity index is 837. The zero-order valence-corrected chi connectivity index (χ0v) is 17.7. The number of aliphatic hydroxyl groups excluding tert-OH is 1. The van der Waals surface area contributed by atoms with Crippen LogP contribution in [0.1, 0.15) is 38.2 Å². The molecule has 7 heteroatoms. The van der Waals surface area contributed by atoms with Gasteiger partial charge in [-0.2, -0.15) is 13.2 Å². The van der Waals surface area contributed by atoms with Crippen LogP contribution in [-0.4, -0.2) is 30.5 Å². The molecule has 1 fully saturated rings. The molecule has 0 saturated heterocycles. The number of rotatable bonds is 8. The van der Waals surface area contributed by atoms with E-state index in [0.29, 0.717) is 34.7 Å². The van der Waals surface area contributed by atoms with Gasteiger partial charge >= 0.3 is 6.18 Å². The highest BCUT2D eigenvalue weighted by atomic mass is 35.5. The van der Waals surface area contributed by atoms with Crippen LogP contribution < -0.4 is 9.64 Å². The lowest BCUT2D eigenvalue weighted by molar-refractivity contribution is -0.200. The number of anilines is 1. The molecule has 1 aliphatic rings. The van der Waals surface area contributed by atoms with Crippen LogP contribution in [0.15, 0.2) is 42.5 Å². The predicted octanol–water partition coefficient (Wildman–Crippen LogP) is 6.61. The van der Waals surface area contributed by atoms with Crippen molar-refractivity contribution in [3.05, 3.63) is 53.1 Å².